The van der Waals surface area contributed by atoms with E-state index in [0.29, 0.717) is 30.3 Å². The smallest absolute Gasteiger partial charge is 0.276 e. The molecule has 0 heterocycles. The van der Waals surface area contributed by atoms with Crippen molar-refractivity contribution in [3.63, 3.8) is 0 Å². The summed E-state index contributed by atoms with van der Waals surface area (Å²) in [5, 5.41) is 0. The van der Waals surface area contributed by atoms with Crippen LogP contribution in [-0.2, 0) is 4.79 Å². The molecular weight excluding hydrogens is 420 g/mol. The molecule has 0 fully saturated rings. The molecule has 0 radical (unpaired) electrons. The summed E-state index contributed by atoms with van der Waals surface area (Å²) in [6.07, 6.45) is 0. The number of hydrogen-bond donors (Lipinski definition) is 2. The molecule has 0 aliphatic carbocycles. The Hall–Kier alpha value is -4.00. The molecule has 3 rings (SSSR count). The van der Waals surface area contributed by atoms with Crippen LogP contribution in [0.4, 0.5) is 0 Å². The summed E-state index contributed by atoms with van der Waals surface area (Å²) in [5.74, 6) is 1.42. The highest BCUT2D eigenvalue weighted by Crippen LogP contribution is 2.25. The van der Waals surface area contributed by atoms with Crippen LogP contribution in [0.25, 0.3) is 0 Å². The fraction of sp³-hybridized carbons (Fsp3) is 0.231. The Labute approximate surface area is 193 Å². The molecule has 0 aromatic heterocycles. The average molecular weight is 449 g/mol. The number of rotatable bonds is 10. The van der Waals surface area contributed by atoms with Crippen molar-refractivity contribution in [2.75, 3.05) is 19.8 Å². The predicted molar refractivity (Wildman–Crippen MR) is 126 cm³/mol. The van der Waals surface area contributed by atoms with E-state index in [2.05, 4.69) is 24.7 Å². The van der Waals surface area contributed by atoms with E-state index in [1.807, 2.05) is 54.6 Å². The van der Waals surface area contributed by atoms with Gasteiger partial charge < -0.3 is 14.2 Å². The lowest BCUT2D eigenvalue weighted by Crippen LogP contribution is -2.43. The second-order valence-electron chi connectivity index (χ2n) is 7.52. The van der Waals surface area contributed by atoms with Gasteiger partial charge in [-0.25, -0.2) is 0 Å². The van der Waals surface area contributed by atoms with Gasteiger partial charge in [-0.05, 0) is 53.9 Å². The zero-order valence-electron chi connectivity index (χ0n) is 18.7. The number of amides is 2. The lowest BCUT2D eigenvalue weighted by molar-refractivity contribution is -0.123. The highest BCUT2D eigenvalue weighted by atomic mass is 16.5. The Bertz CT molecular complexity index is 1040. The second kappa shape index (κ2) is 12.1. The number of benzene rings is 3. The fourth-order valence-electron chi connectivity index (χ4n) is 3.01. The molecule has 7 nitrogen and oxygen atoms in total. The van der Waals surface area contributed by atoms with E-state index in [0.717, 1.165) is 11.3 Å². The first-order chi connectivity index (χ1) is 16.0. The van der Waals surface area contributed by atoms with E-state index < -0.39 is 11.8 Å². The van der Waals surface area contributed by atoms with Crippen LogP contribution in [0, 0.1) is 0 Å². The Kier molecular flexibility index (Phi) is 8.71. The zero-order chi connectivity index (χ0) is 23.5. The topological polar surface area (TPSA) is 85.9 Å². The lowest BCUT2D eigenvalue weighted by Gasteiger charge is -2.14. The molecule has 0 unspecified atom stereocenters. The van der Waals surface area contributed by atoms with Crippen LogP contribution in [0.15, 0.2) is 78.9 Å². The Morgan fingerprint density at radius 2 is 1.33 bits per heavy atom. The third-order valence-corrected chi connectivity index (χ3v) is 4.70. The third kappa shape index (κ3) is 7.57. The third-order valence-electron chi connectivity index (χ3n) is 4.70. The molecule has 3 aromatic rings. The van der Waals surface area contributed by atoms with Crippen molar-refractivity contribution in [1.82, 2.24) is 10.9 Å². The maximum Gasteiger partial charge on any atom is 0.276 e. The maximum atomic E-state index is 12.3. The van der Waals surface area contributed by atoms with Crippen molar-refractivity contribution in [3.8, 4) is 17.2 Å². The van der Waals surface area contributed by atoms with Gasteiger partial charge >= 0.3 is 0 Å². The van der Waals surface area contributed by atoms with E-state index in [4.69, 9.17) is 14.2 Å². The Morgan fingerprint density at radius 3 is 2.00 bits per heavy atom. The summed E-state index contributed by atoms with van der Waals surface area (Å²) in [6, 6.07) is 23.6. The van der Waals surface area contributed by atoms with Crippen LogP contribution in [-0.4, -0.2) is 31.6 Å². The summed E-state index contributed by atoms with van der Waals surface area (Å²) in [4.78, 5) is 24.3. The monoisotopic (exact) mass is 448 g/mol. The summed E-state index contributed by atoms with van der Waals surface area (Å²) >= 11 is 0. The van der Waals surface area contributed by atoms with E-state index in [1.54, 1.807) is 24.3 Å². The standard InChI is InChI=1S/C26H28N2O5/c1-19(2)23-10-6-7-11-24(23)33-18-25(29)27-28-26(30)20-12-14-22(15-13-20)32-17-16-31-21-8-4-3-5-9-21/h3-15,19H,16-18H2,1-2H3,(H,27,29)(H,28,30). The number of carbonyl (C=O) groups excluding carboxylic acids is 2. The minimum Gasteiger partial charge on any atom is -0.490 e. The van der Waals surface area contributed by atoms with E-state index in [-0.39, 0.29) is 12.5 Å². The number of hydrogen-bond acceptors (Lipinski definition) is 5. The van der Waals surface area contributed by atoms with Crippen LogP contribution in [0.3, 0.4) is 0 Å². The van der Waals surface area contributed by atoms with E-state index in [9.17, 15) is 9.59 Å². The minimum atomic E-state index is -0.458. The molecule has 2 amide bonds. The number of carbonyl (C=O) groups is 2. The van der Waals surface area contributed by atoms with Crippen LogP contribution in [0.2, 0.25) is 0 Å². The quantitative estimate of drug-likeness (QED) is 0.360. The van der Waals surface area contributed by atoms with Crippen molar-refractivity contribution in [1.29, 1.82) is 0 Å². The van der Waals surface area contributed by atoms with Gasteiger partial charge in [0.1, 0.15) is 30.5 Å². The first-order valence-corrected chi connectivity index (χ1v) is 10.7. The van der Waals surface area contributed by atoms with Gasteiger partial charge in [0.05, 0.1) is 0 Å². The molecule has 7 heteroatoms. The molecule has 33 heavy (non-hydrogen) atoms. The molecule has 2 N–H and O–H groups in total. The number of hydrazine groups is 1. The Balaban J connectivity index is 1.38. The van der Waals surface area contributed by atoms with E-state index in [1.165, 1.54) is 0 Å². The molecule has 0 saturated heterocycles. The lowest BCUT2D eigenvalue weighted by atomic mass is 10.0. The number of ether oxygens (including phenoxy) is 3. The number of nitrogens with one attached hydrogen (secondary N) is 2. The Morgan fingerprint density at radius 1 is 0.727 bits per heavy atom. The van der Waals surface area contributed by atoms with Crippen molar-refractivity contribution in [3.05, 3.63) is 90.0 Å². The van der Waals surface area contributed by atoms with Gasteiger partial charge in [-0.3, -0.25) is 20.4 Å². The minimum absolute atomic E-state index is 0.207. The van der Waals surface area contributed by atoms with Gasteiger partial charge in [0.2, 0.25) is 0 Å². The molecule has 0 aliphatic heterocycles. The highest BCUT2D eigenvalue weighted by molar-refractivity contribution is 5.95. The van der Waals surface area contributed by atoms with E-state index >= 15 is 0 Å². The molecule has 0 saturated carbocycles. The van der Waals surface area contributed by atoms with Crippen molar-refractivity contribution in [2.24, 2.45) is 0 Å². The predicted octanol–water partition coefficient (Wildman–Crippen LogP) is 4.11. The fourth-order valence-corrected chi connectivity index (χ4v) is 3.01. The van der Waals surface area contributed by atoms with Crippen molar-refractivity contribution >= 4 is 11.8 Å². The van der Waals surface area contributed by atoms with Gasteiger partial charge in [-0.1, -0.05) is 50.2 Å². The van der Waals surface area contributed by atoms with Crippen LogP contribution < -0.4 is 25.1 Å². The maximum absolute atomic E-state index is 12.3. The normalized spacial score (nSPS) is 10.4. The van der Waals surface area contributed by atoms with Gasteiger partial charge in [0, 0.05) is 5.56 Å². The molecule has 0 aliphatic rings. The van der Waals surface area contributed by atoms with Gasteiger partial charge in [0.15, 0.2) is 6.61 Å². The van der Waals surface area contributed by atoms with Crippen LogP contribution >= 0.6 is 0 Å². The zero-order valence-corrected chi connectivity index (χ0v) is 18.7. The molecule has 3 aromatic carbocycles. The first-order valence-electron chi connectivity index (χ1n) is 10.7. The van der Waals surface area contributed by atoms with Crippen LogP contribution in [0.1, 0.15) is 35.7 Å². The van der Waals surface area contributed by atoms with Gasteiger partial charge in [-0.2, -0.15) is 0 Å². The summed E-state index contributed by atoms with van der Waals surface area (Å²) in [5.41, 5.74) is 6.14. The summed E-state index contributed by atoms with van der Waals surface area (Å²) in [6.45, 7) is 4.68. The SMILES string of the molecule is CC(C)c1ccccc1OCC(=O)NNC(=O)c1ccc(OCCOc2ccccc2)cc1. The highest BCUT2D eigenvalue weighted by Gasteiger charge is 2.11. The summed E-state index contributed by atoms with van der Waals surface area (Å²) in [7, 11) is 0. The van der Waals surface area contributed by atoms with Crippen LogP contribution in [0.5, 0.6) is 17.2 Å². The molecular formula is C26H28N2O5. The summed E-state index contributed by atoms with van der Waals surface area (Å²) < 4.78 is 16.8. The molecule has 172 valence electrons. The molecule has 0 spiro atoms. The first kappa shape index (κ1) is 23.7. The molecule has 0 atom stereocenters. The van der Waals surface area contributed by atoms with Gasteiger partial charge in [0.25, 0.3) is 11.8 Å². The average Bonchev–Trinajstić information content (AvgIpc) is 2.85. The van der Waals surface area contributed by atoms with Crippen molar-refractivity contribution in [2.45, 2.75) is 19.8 Å². The van der Waals surface area contributed by atoms with Crippen molar-refractivity contribution < 1.29 is 23.8 Å². The second-order valence-corrected chi connectivity index (χ2v) is 7.52. The molecule has 0 bridgehead atoms. The van der Waals surface area contributed by atoms with Gasteiger partial charge in [-0.15, -0.1) is 0 Å². The largest absolute Gasteiger partial charge is 0.490 e. The number of para-hydroxylation sites is 2.